The molecular formula is C26H29N3O2. The quantitative estimate of drug-likeness (QED) is 0.330. The highest BCUT2D eigenvalue weighted by Crippen LogP contribution is 2.28. The number of hydrogen-bond acceptors (Lipinski definition) is 4. The van der Waals surface area contributed by atoms with Gasteiger partial charge >= 0.3 is 0 Å². The molecule has 160 valence electrons. The molecule has 0 radical (unpaired) electrons. The Morgan fingerprint density at radius 1 is 1.26 bits per heavy atom. The first kappa shape index (κ1) is 22.2. The molecule has 0 heterocycles. The predicted molar refractivity (Wildman–Crippen MR) is 128 cm³/mol. The van der Waals surface area contributed by atoms with Crippen LogP contribution in [0.25, 0.3) is 10.8 Å². The molecule has 3 rings (SSSR count). The van der Waals surface area contributed by atoms with Gasteiger partial charge in [0, 0.05) is 23.7 Å². The summed E-state index contributed by atoms with van der Waals surface area (Å²) in [5.74, 6) is 0.869. The normalized spacial score (nSPS) is 16.0. The molecule has 2 aromatic rings. The summed E-state index contributed by atoms with van der Waals surface area (Å²) in [4.78, 5) is 19.0. The van der Waals surface area contributed by atoms with Gasteiger partial charge in [-0.1, -0.05) is 49.1 Å². The van der Waals surface area contributed by atoms with Crippen molar-refractivity contribution in [2.75, 3.05) is 19.7 Å². The first-order valence-electron chi connectivity index (χ1n) is 10.5. The number of nitrogens with one attached hydrogen (secondary N) is 1. The van der Waals surface area contributed by atoms with Crippen molar-refractivity contribution in [1.82, 2.24) is 4.90 Å². The average molecular weight is 416 g/mol. The number of carbonyl (C=O) groups is 1. The van der Waals surface area contributed by atoms with Crippen LogP contribution in [0, 0.1) is 11.3 Å². The van der Waals surface area contributed by atoms with E-state index in [0.29, 0.717) is 30.5 Å². The van der Waals surface area contributed by atoms with Gasteiger partial charge in [-0.2, -0.15) is 0 Å². The summed E-state index contributed by atoms with van der Waals surface area (Å²) in [6.45, 7) is 8.26. The number of nitrogens with zero attached hydrogens (tertiary/aromatic N) is 2. The Hall–Kier alpha value is -3.47. The fourth-order valence-corrected chi connectivity index (χ4v) is 3.84. The molecule has 0 aromatic heterocycles. The Morgan fingerprint density at radius 2 is 2.06 bits per heavy atom. The topological polar surface area (TPSA) is 65.8 Å². The predicted octanol–water partition coefficient (Wildman–Crippen LogP) is 5.17. The Bertz CT molecular complexity index is 1020. The van der Waals surface area contributed by atoms with Crippen molar-refractivity contribution in [1.29, 1.82) is 5.41 Å². The maximum atomic E-state index is 13.1. The lowest BCUT2D eigenvalue weighted by Crippen LogP contribution is -2.39. The Balaban J connectivity index is 1.77. The smallest absolute Gasteiger partial charge is 0.260 e. The summed E-state index contributed by atoms with van der Waals surface area (Å²) >= 11 is 0. The number of ether oxygens (including phenoxy) is 1. The van der Waals surface area contributed by atoms with Crippen LogP contribution in [-0.4, -0.2) is 43.4 Å². The molecule has 0 saturated heterocycles. The third-order valence-corrected chi connectivity index (χ3v) is 5.45. The molecule has 1 N–H and O–H groups in total. The van der Waals surface area contributed by atoms with Crippen molar-refractivity contribution in [2.45, 2.75) is 19.3 Å². The molecule has 31 heavy (non-hydrogen) atoms. The monoisotopic (exact) mass is 415 g/mol. The molecule has 0 bridgehead atoms. The van der Waals surface area contributed by atoms with Gasteiger partial charge in [-0.25, -0.2) is 0 Å². The van der Waals surface area contributed by atoms with Crippen molar-refractivity contribution in [3.63, 3.8) is 0 Å². The van der Waals surface area contributed by atoms with Crippen LogP contribution in [-0.2, 0) is 4.79 Å². The van der Waals surface area contributed by atoms with E-state index < -0.39 is 0 Å². The van der Waals surface area contributed by atoms with Gasteiger partial charge in [-0.05, 0) is 55.5 Å². The second kappa shape index (κ2) is 11.1. The van der Waals surface area contributed by atoms with E-state index in [1.807, 2.05) is 36.4 Å². The average Bonchev–Trinajstić information content (AvgIpc) is 2.82. The second-order valence-corrected chi connectivity index (χ2v) is 7.58. The van der Waals surface area contributed by atoms with Crippen LogP contribution in [0.15, 0.2) is 78.0 Å². The standard InChI is InChI=1S/C26H29N3O2/c1-3-9-22(28-2)18-29(17-20-10-5-4-6-11-20)26(30)19-31-25-15-14-21(16-27)23-12-7-8-13-24(23)25/h3,5,7-10,12-16,20,27H,1-2,4,6,11,17-19H2/b22-9-,27-16?. The van der Waals surface area contributed by atoms with E-state index in [2.05, 4.69) is 30.4 Å². The molecule has 1 amide bonds. The molecule has 1 atom stereocenters. The van der Waals surface area contributed by atoms with Crippen LogP contribution in [0.1, 0.15) is 24.8 Å². The maximum absolute atomic E-state index is 13.1. The van der Waals surface area contributed by atoms with Gasteiger partial charge in [-0.3, -0.25) is 9.79 Å². The van der Waals surface area contributed by atoms with E-state index in [4.69, 9.17) is 10.1 Å². The molecule has 2 aromatic carbocycles. The minimum Gasteiger partial charge on any atom is -0.483 e. The summed E-state index contributed by atoms with van der Waals surface area (Å²) in [5, 5.41) is 9.42. The fourth-order valence-electron chi connectivity index (χ4n) is 3.84. The van der Waals surface area contributed by atoms with Crippen LogP contribution < -0.4 is 4.74 Å². The molecule has 0 spiro atoms. The van der Waals surface area contributed by atoms with Crippen LogP contribution >= 0.6 is 0 Å². The fraction of sp³-hybridized carbons (Fsp3) is 0.269. The van der Waals surface area contributed by atoms with Gasteiger partial charge in [0.2, 0.25) is 0 Å². The summed E-state index contributed by atoms with van der Waals surface area (Å²) in [6, 6.07) is 11.4. The molecule has 0 saturated carbocycles. The molecular weight excluding hydrogens is 386 g/mol. The van der Waals surface area contributed by atoms with Gasteiger partial charge in [0.05, 0.1) is 12.2 Å². The number of benzene rings is 2. The van der Waals surface area contributed by atoms with Crippen molar-refractivity contribution >= 4 is 29.6 Å². The summed E-state index contributed by atoms with van der Waals surface area (Å²) in [5.41, 5.74) is 1.51. The van der Waals surface area contributed by atoms with Gasteiger partial charge < -0.3 is 15.0 Å². The van der Waals surface area contributed by atoms with Gasteiger partial charge in [-0.15, -0.1) is 0 Å². The summed E-state index contributed by atoms with van der Waals surface area (Å²) in [7, 11) is 0. The van der Waals surface area contributed by atoms with Crippen LogP contribution in [0.2, 0.25) is 0 Å². The van der Waals surface area contributed by atoms with E-state index in [-0.39, 0.29) is 12.5 Å². The third-order valence-electron chi connectivity index (χ3n) is 5.45. The molecule has 1 aliphatic carbocycles. The van der Waals surface area contributed by atoms with Crippen LogP contribution in [0.3, 0.4) is 0 Å². The number of carbonyl (C=O) groups excluding carboxylic acids is 1. The number of fused-ring (bicyclic) bond motifs is 1. The highest BCUT2D eigenvalue weighted by molar-refractivity contribution is 6.01. The largest absolute Gasteiger partial charge is 0.483 e. The Labute approximate surface area is 183 Å². The molecule has 1 unspecified atom stereocenters. The van der Waals surface area contributed by atoms with Crippen molar-refractivity contribution in [2.24, 2.45) is 10.9 Å². The molecule has 5 heteroatoms. The van der Waals surface area contributed by atoms with E-state index in [1.54, 1.807) is 17.1 Å². The van der Waals surface area contributed by atoms with Crippen molar-refractivity contribution in [3.8, 4) is 5.75 Å². The molecule has 0 aliphatic heterocycles. The van der Waals surface area contributed by atoms with E-state index in [9.17, 15) is 4.79 Å². The zero-order valence-electron chi connectivity index (χ0n) is 17.8. The Morgan fingerprint density at radius 3 is 2.74 bits per heavy atom. The zero-order chi connectivity index (χ0) is 22.1. The lowest BCUT2D eigenvalue weighted by atomic mass is 9.95. The van der Waals surface area contributed by atoms with Crippen LogP contribution in [0.5, 0.6) is 5.75 Å². The third kappa shape index (κ3) is 5.79. The van der Waals surface area contributed by atoms with Crippen molar-refractivity contribution in [3.05, 3.63) is 78.5 Å². The SMILES string of the molecule is C=C/C=C(/CN(CC1C=CCCC1)C(=O)COc1ccc(C=N)c2ccccc12)N=C. The minimum absolute atomic E-state index is 0.0666. The van der Waals surface area contributed by atoms with E-state index in [1.165, 1.54) is 6.21 Å². The minimum atomic E-state index is -0.0993. The number of allylic oxidation sites excluding steroid dienone is 3. The highest BCUT2D eigenvalue weighted by Gasteiger charge is 2.20. The summed E-state index contributed by atoms with van der Waals surface area (Å²) < 4.78 is 5.96. The lowest BCUT2D eigenvalue weighted by Gasteiger charge is -2.28. The van der Waals surface area contributed by atoms with E-state index in [0.717, 1.165) is 35.6 Å². The Kier molecular flexibility index (Phi) is 7.93. The lowest BCUT2D eigenvalue weighted by molar-refractivity contribution is -0.133. The maximum Gasteiger partial charge on any atom is 0.260 e. The summed E-state index contributed by atoms with van der Waals surface area (Å²) in [6.07, 6.45) is 12.5. The zero-order valence-corrected chi connectivity index (χ0v) is 17.8. The number of amides is 1. The van der Waals surface area contributed by atoms with Gasteiger partial charge in [0.1, 0.15) is 5.75 Å². The second-order valence-electron chi connectivity index (χ2n) is 7.58. The molecule has 1 aliphatic rings. The highest BCUT2D eigenvalue weighted by atomic mass is 16.5. The number of aliphatic imine (C=N–C) groups is 1. The van der Waals surface area contributed by atoms with E-state index >= 15 is 0 Å². The first-order chi connectivity index (χ1) is 15.2. The number of hydrogen-bond donors (Lipinski definition) is 1. The first-order valence-corrected chi connectivity index (χ1v) is 10.5. The molecule has 0 fully saturated rings. The number of rotatable bonds is 10. The van der Waals surface area contributed by atoms with Crippen LogP contribution in [0.4, 0.5) is 0 Å². The molecule has 5 nitrogen and oxygen atoms in total. The van der Waals surface area contributed by atoms with Gasteiger partial charge in [0.25, 0.3) is 5.91 Å². The van der Waals surface area contributed by atoms with Crippen molar-refractivity contribution < 1.29 is 9.53 Å². The van der Waals surface area contributed by atoms with Gasteiger partial charge in [0.15, 0.2) is 6.61 Å².